The van der Waals surface area contributed by atoms with Gasteiger partial charge in [-0.05, 0) is 49.8 Å². The summed E-state index contributed by atoms with van der Waals surface area (Å²) < 4.78 is 10.9. The number of unbranched alkanes of at least 4 members (excludes halogenated alkanes) is 1. The van der Waals surface area contributed by atoms with E-state index >= 15 is 0 Å². The monoisotopic (exact) mass is 511 g/mol. The first-order chi connectivity index (χ1) is 16.9. The fraction of sp³-hybridized carbons (Fsp3) is 0.583. The summed E-state index contributed by atoms with van der Waals surface area (Å²) in [4.78, 5) is 48.9. The predicted octanol–water partition coefficient (Wildman–Crippen LogP) is 2.38. The van der Waals surface area contributed by atoms with E-state index in [1.54, 1.807) is 24.3 Å². The predicted molar refractivity (Wildman–Crippen MR) is 129 cm³/mol. The molecule has 1 aromatic carbocycles. The molecular formula is C24H34ClN3O7. The average molecular weight is 512 g/mol. The van der Waals surface area contributed by atoms with Gasteiger partial charge in [-0.2, -0.15) is 0 Å². The summed E-state index contributed by atoms with van der Waals surface area (Å²) in [6.45, 7) is 3.08. The minimum atomic E-state index is -1.03. The van der Waals surface area contributed by atoms with Crippen LogP contribution in [0, 0.1) is 0 Å². The van der Waals surface area contributed by atoms with Crippen molar-refractivity contribution in [3.8, 4) is 0 Å². The highest BCUT2D eigenvalue weighted by Gasteiger charge is 2.38. The molecule has 2 rings (SSSR count). The fourth-order valence-electron chi connectivity index (χ4n) is 3.59. The number of nitrogens with one attached hydrogen (secondary N) is 2. The first kappa shape index (κ1) is 28.5. The highest BCUT2D eigenvalue weighted by atomic mass is 35.5. The summed E-state index contributed by atoms with van der Waals surface area (Å²) in [5, 5.41) is 13.9. The minimum Gasteiger partial charge on any atom is -0.465 e. The Morgan fingerprint density at radius 2 is 1.51 bits per heavy atom. The molecule has 0 aliphatic carbocycles. The molecule has 0 bridgehead atoms. The van der Waals surface area contributed by atoms with E-state index in [0.717, 1.165) is 18.4 Å². The smallest absolute Gasteiger partial charge is 0.404 e. The van der Waals surface area contributed by atoms with Gasteiger partial charge in [-0.1, -0.05) is 23.7 Å². The van der Waals surface area contributed by atoms with Crippen LogP contribution in [-0.4, -0.2) is 79.3 Å². The number of hydrogen-bond donors (Lipinski definition) is 3. The Morgan fingerprint density at radius 3 is 2.11 bits per heavy atom. The third-order valence-corrected chi connectivity index (χ3v) is 5.69. The number of likely N-dealkylation sites (tertiary alicyclic amines) is 1. The van der Waals surface area contributed by atoms with Gasteiger partial charge in [0.2, 0.25) is 11.7 Å². The molecule has 3 N–H and O–H groups in total. The summed E-state index contributed by atoms with van der Waals surface area (Å²) in [6, 6.07) is 6.30. The van der Waals surface area contributed by atoms with E-state index in [4.69, 9.17) is 26.2 Å². The van der Waals surface area contributed by atoms with Gasteiger partial charge in [-0.25, -0.2) is 4.79 Å². The van der Waals surface area contributed by atoms with Crippen molar-refractivity contribution in [1.82, 2.24) is 15.5 Å². The highest BCUT2D eigenvalue weighted by Crippen LogP contribution is 2.23. The van der Waals surface area contributed by atoms with Crippen molar-refractivity contribution in [2.75, 3.05) is 39.5 Å². The SMILES string of the molecule is O=C(O)NCCCOCCCCOCCCNC(=O)C(=O)C1CCC(=O)N1Cc1ccc(Cl)cc1. The molecule has 1 unspecified atom stereocenters. The first-order valence-electron chi connectivity index (χ1n) is 11.9. The van der Waals surface area contributed by atoms with Gasteiger partial charge in [0.05, 0.1) is 0 Å². The summed E-state index contributed by atoms with van der Waals surface area (Å²) in [5.41, 5.74) is 0.847. The molecule has 35 heavy (non-hydrogen) atoms. The van der Waals surface area contributed by atoms with Crippen molar-refractivity contribution in [2.45, 2.75) is 51.1 Å². The number of hydrogen-bond acceptors (Lipinski definition) is 6. The Kier molecular flexibility index (Phi) is 13.1. The van der Waals surface area contributed by atoms with Crippen LogP contribution in [0.25, 0.3) is 0 Å². The van der Waals surface area contributed by atoms with E-state index in [1.165, 1.54) is 4.90 Å². The summed E-state index contributed by atoms with van der Waals surface area (Å²) >= 11 is 5.90. The molecule has 1 aromatic rings. The number of Topliss-reactive ketones (excluding diaryl/α,β-unsaturated/α-hetero) is 1. The second-order valence-corrected chi connectivity index (χ2v) is 8.63. The van der Waals surface area contributed by atoms with Gasteiger partial charge >= 0.3 is 6.09 Å². The molecule has 194 valence electrons. The maximum atomic E-state index is 12.6. The third kappa shape index (κ3) is 11.1. The van der Waals surface area contributed by atoms with Crippen molar-refractivity contribution in [3.63, 3.8) is 0 Å². The molecule has 0 aromatic heterocycles. The van der Waals surface area contributed by atoms with Crippen LogP contribution in [-0.2, 0) is 30.4 Å². The van der Waals surface area contributed by atoms with Crippen molar-refractivity contribution >= 4 is 35.3 Å². The molecule has 1 saturated heterocycles. The molecule has 0 saturated carbocycles. The van der Waals surface area contributed by atoms with Crippen LogP contribution in [0.3, 0.4) is 0 Å². The van der Waals surface area contributed by atoms with Gasteiger partial charge in [0.1, 0.15) is 6.04 Å². The maximum Gasteiger partial charge on any atom is 0.404 e. The zero-order valence-corrected chi connectivity index (χ0v) is 20.6. The van der Waals surface area contributed by atoms with Crippen molar-refractivity contribution in [3.05, 3.63) is 34.9 Å². The second kappa shape index (κ2) is 16.1. The normalized spacial score (nSPS) is 15.3. The Morgan fingerprint density at radius 1 is 0.943 bits per heavy atom. The lowest BCUT2D eigenvalue weighted by molar-refractivity contribution is -0.143. The van der Waals surface area contributed by atoms with Crippen LogP contribution in [0.2, 0.25) is 5.02 Å². The minimum absolute atomic E-state index is 0.139. The summed E-state index contributed by atoms with van der Waals surface area (Å²) in [7, 11) is 0. The molecule has 3 amide bonds. The van der Waals surface area contributed by atoms with Crippen LogP contribution in [0.15, 0.2) is 24.3 Å². The average Bonchev–Trinajstić information content (AvgIpc) is 3.19. The van der Waals surface area contributed by atoms with Gasteiger partial charge in [-0.15, -0.1) is 0 Å². The van der Waals surface area contributed by atoms with E-state index in [-0.39, 0.29) is 18.9 Å². The van der Waals surface area contributed by atoms with Crippen LogP contribution in [0.4, 0.5) is 4.79 Å². The standard InChI is InChI=1S/C24H34ClN3O7/c25-19-7-5-18(6-8-19)17-28-20(9-10-21(28)29)22(30)23(31)26-11-3-15-34-13-1-2-14-35-16-4-12-27-24(32)33/h5-8,20,27H,1-4,9-17H2,(H,26,31)(H,32,33). The van der Waals surface area contributed by atoms with Crippen LogP contribution < -0.4 is 10.6 Å². The lowest BCUT2D eigenvalue weighted by atomic mass is 10.1. The van der Waals surface area contributed by atoms with E-state index in [9.17, 15) is 19.2 Å². The Labute approximate surface area is 210 Å². The lowest BCUT2D eigenvalue weighted by Gasteiger charge is -2.23. The molecule has 11 heteroatoms. The van der Waals surface area contributed by atoms with E-state index in [2.05, 4.69) is 10.6 Å². The second-order valence-electron chi connectivity index (χ2n) is 8.19. The Balaban J connectivity index is 1.53. The number of halogens is 1. The number of carboxylic acid groups (broad SMARTS) is 1. The topological polar surface area (TPSA) is 134 Å². The van der Waals surface area contributed by atoms with E-state index < -0.39 is 23.8 Å². The number of rotatable bonds is 17. The number of carbonyl (C=O) groups is 4. The van der Waals surface area contributed by atoms with Gasteiger partial charge in [0.25, 0.3) is 5.91 Å². The van der Waals surface area contributed by atoms with Crippen molar-refractivity contribution < 1.29 is 33.8 Å². The van der Waals surface area contributed by atoms with E-state index in [1.807, 2.05) is 0 Å². The molecule has 1 heterocycles. The van der Waals surface area contributed by atoms with E-state index in [0.29, 0.717) is 63.8 Å². The zero-order valence-electron chi connectivity index (χ0n) is 19.8. The van der Waals surface area contributed by atoms with Crippen LogP contribution in [0.5, 0.6) is 0 Å². The number of carbonyl (C=O) groups excluding carboxylic acids is 3. The Hall–Kier alpha value is -2.69. The van der Waals surface area contributed by atoms with Gasteiger partial charge in [0.15, 0.2) is 0 Å². The van der Waals surface area contributed by atoms with Crippen LogP contribution in [0.1, 0.15) is 44.1 Å². The highest BCUT2D eigenvalue weighted by molar-refractivity contribution is 6.38. The van der Waals surface area contributed by atoms with Crippen LogP contribution >= 0.6 is 11.6 Å². The van der Waals surface area contributed by atoms with Gasteiger partial charge < -0.3 is 30.1 Å². The number of ketones is 1. The van der Waals surface area contributed by atoms with Crippen molar-refractivity contribution in [2.24, 2.45) is 0 Å². The molecule has 1 aliphatic rings. The molecule has 10 nitrogen and oxygen atoms in total. The third-order valence-electron chi connectivity index (χ3n) is 5.44. The fourth-order valence-corrected chi connectivity index (χ4v) is 3.71. The van der Waals surface area contributed by atoms with Gasteiger partial charge in [-0.3, -0.25) is 14.4 Å². The molecule has 1 aliphatic heterocycles. The Bertz CT molecular complexity index is 835. The number of benzene rings is 1. The largest absolute Gasteiger partial charge is 0.465 e. The maximum absolute atomic E-state index is 12.6. The molecule has 0 radical (unpaired) electrons. The number of amides is 3. The lowest BCUT2D eigenvalue weighted by Crippen LogP contribution is -2.45. The molecular weight excluding hydrogens is 478 g/mol. The number of nitrogens with zero attached hydrogens (tertiary/aromatic N) is 1. The molecule has 1 fully saturated rings. The quantitative estimate of drug-likeness (QED) is 0.216. The zero-order chi connectivity index (χ0) is 25.5. The van der Waals surface area contributed by atoms with Crippen molar-refractivity contribution in [1.29, 1.82) is 0 Å². The first-order valence-corrected chi connectivity index (χ1v) is 12.2. The van der Waals surface area contributed by atoms with Gasteiger partial charge in [0, 0.05) is 57.5 Å². The molecule has 0 spiro atoms. The molecule has 1 atom stereocenters. The summed E-state index contributed by atoms with van der Waals surface area (Å²) in [6.07, 6.45) is 2.43. The number of ether oxygens (including phenoxy) is 2. The summed E-state index contributed by atoms with van der Waals surface area (Å²) in [5.74, 6) is -1.41.